The van der Waals surface area contributed by atoms with Crippen molar-refractivity contribution in [2.45, 2.75) is 26.6 Å². The van der Waals surface area contributed by atoms with Crippen LogP contribution >= 0.6 is 11.3 Å². The molecule has 2 aromatic heterocycles. The Kier molecular flexibility index (Phi) is 5.98. The second-order valence-corrected chi connectivity index (χ2v) is 6.66. The molecule has 0 radical (unpaired) electrons. The van der Waals surface area contributed by atoms with E-state index in [1.165, 1.54) is 0 Å². The van der Waals surface area contributed by atoms with Gasteiger partial charge in [0.25, 0.3) is 0 Å². The first kappa shape index (κ1) is 17.4. The van der Waals surface area contributed by atoms with Crippen LogP contribution in [0.25, 0.3) is 0 Å². The Balaban J connectivity index is 1.57. The highest BCUT2D eigenvalue weighted by Crippen LogP contribution is 2.29. The van der Waals surface area contributed by atoms with Crippen LogP contribution in [0.5, 0.6) is 11.5 Å². The number of hydrogen-bond donors (Lipinski definition) is 1. The van der Waals surface area contributed by atoms with E-state index in [0.29, 0.717) is 6.61 Å². The minimum absolute atomic E-state index is 0.444. The largest absolute Gasteiger partial charge is 0.493 e. The number of rotatable bonds is 8. The van der Waals surface area contributed by atoms with Crippen LogP contribution in [0.2, 0.25) is 0 Å². The van der Waals surface area contributed by atoms with Gasteiger partial charge >= 0.3 is 0 Å². The predicted octanol–water partition coefficient (Wildman–Crippen LogP) is 3.72. The van der Waals surface area contributed by atoms with Crippen LogP contribution in [-0.2, 0) is 19.7 Å². The molecule has 1 aromatic carbocycles. The van der Waals surface area contributed by atoms with Gasteiger partial charge in [-0.1, -0.05) is 12.1 Å². The van der Waals surface area contributed by atoms with E-state index in [1.807, 2.05) is 42.8 Å². The van der Waals surface area contributed by atoms with Gasteiger partial charge in [0.05, 0.1) is 17.8 Å². The lowest BCUT2D eigenvalue weighted by molar-refractivity contribution is 0.281. The van der Waals surface area contributed by atoms with Gasteiger partial charge in [-0.2, -0.15) is 0 Å². The Morgan fingerprint density at radius 2 is 2.00 bits per heavy atom. The highest BCUT2D eigenvalue weighted by atomic mass is 32.1. The molecule has 2 heterocycles. The van der Waals surface area contributed by atoms with Crippen LogP contribution in [0.1, 0.15) is 21.8 Å². The van der Waals surface area contributed by atoms with Crippen LogP contribution in [0.4, 0.5) is 0 Å². The molecular weight excluding hydrogens is 334 g/mol. The summed E-state index contributed by atoms with van der Waals surface area (Å²) < 4.78 is 11.3. The number of aryl methyl sites for hydroxylation is 1. The van der Waals surface area contributed by atoms with Crippen LogP contribution in [0.15, 0.2) is 48.1 Å². The highest BCUT2D eigenvalue weighted by Gasteiger charge is 2.07. The fourth-order valence-electron chi connectivity index (χ4n) is 2.42. The van der Waals surface area contributed by atoms with Crippen molar-refractivity contribution < 1.29 is 9.47 Å². The number of pyridine rings is 1. The number of methoxy groups -OCH3 is 1. The molecule has 6 heteroatoms. The molecular formula is C19H21N3O2S. The van der Waals surface area contributed by atoms with Crippen molar-refractivity contribution in [1.29, 1.82) is 0 Å². The lowest BCUT2D eigenvalue weighted by Gasteiger charge is -2.12. The monoisotopic (exact) mass is 355 g/mol. The van der Waals surface area contributed by atoms with Gasteiger partial charge < -0.3 is 14.8 Å². The van der Waals surface area contributed by atoms with E-state index in [-0.39, 0.29) is 0 Å². The molecule has 1 N–H and O–H groups in total. The lowest BCUT2D eigenvalue weighted by atomic mass is 10.2. The summed E-state index contributed by atoms with van der Waals surface area (Å²) in [5.74, 6) is 1.46. The van der Waals surface area contributed by atoms with Crippen LogP contribution in [-0.4, -0.2) is 17.1 Å². The minimum Gasteiger partial charge on any atom is -0.493 e. The van der Waals surface area contributed by atoms with E-state index in [1.54, 1.807) is 24.6 Å². The van der Waals surface area contributed by atoms with Gasteiger partial charge in [0.1, 0.15) is 6.61 Å². The number of hydrogen-bond acceptors (Lipinski definition) is 6. The standard InChI is InChI=1S/C19H21N3O2S/c1-14-22-17(13-25-14)12-24-18-6-5-15(8-19(18)23-2)9-21-11-16-4-3-7-20-10-16/h3-8,10,13,21H,9,11-12H2,1-2H3. The third-order valence-corrected chi connectivity index (χ3v) is 4.47. The molecule has 0 bridgehead atoms. The molecule has 3 rings (SSSR count). The zero-order valence-corrected chi connectivity index (χ0v) is 15.2. The average Bonchev–Trinajstić information content (AvgIpc) is 3.06. The highest BCUT2D eigenvalue weighted by molar-refractivity contribution is 7.09. The molecule has 0 saturated carbocycles. The molecule has 25 heavy (non-hydrogen) atoms. The van der Waals surface area contributed by atoms with E-state index in [0.717, 1.165) is 46.4 Å². The number of benzene rings is 1. The SMILES string of the molecule is COc1cc(CNCc2cccnc2)ccc1OCc1csc(C)n1. The Morgan fingerprint density at radius 3 is 2.72 bits per heavy atom. The first-order valence-electron chi connectivity index (χ1n) is 8.05. The molecule has 0 spiro atoms. The maximum absolute atomic E-state index is 5.85. The smallest absolute Gasteiger partial charge is 0.161 e. The van der Waals surface area contributed by atoms with Gasteiger partial charge in [0, 0.05) is 30.9 Å². The molecule has 0 unspecified atom stereocenters. The van der Waals surface area contributed by atoms with E-state index >= 15 is 0 Å². The zero-order valence-electron chi connectivity index (χ0n) is 14.4. The van der Waals surface area contributed by atoms with Crippen molar-refractivity contribution in [1.82, 2.24) is 15.3 Å². The Hall–Kier alpha value is -2.44. The minimum atomic E-state index is 0.444. The maximum atomic E-state index is 5.85. The zero-order chi connectivity index (χ0) is 17.5. The Bertz CT molecular complexity index is 805. The van der Waals surface area contributed by atoms with E-state index in [4.69, 9.17) is 9.47 Å². The number of aromatic nitrogens is 2. The predicted molar refractivity (Wildman–Crippen MR) is 99.0 cm³/mol. The van der Waals surface area contributed by atoms with Crippen molar-refractivity contribution in [3.8, 4) is 11.5 Å². The van der Waals surface area contributed by atoms with Crippen molar-refractivity contribution in [3.63, 3.8) is 0 Å². The molecule has 0 saturated heterocycles. The summed E-state index contributed by atoms with van der Waals surface area (Å²) in [6.45, 7) is 3.95. The summed E-state index contributed by atoms with van der Waals surface area (Å²) in [5, 5.41) is 6.46. The number of ether oxygens (including phenoxy) is 2. The van der Waals surface area contributed by atoms with E-state index in [9.17, 15) is 0 Å². The Morgan fingerprint density at radius 1 is 1.12 bits per heavy atom. The van der Waals surface area contributed by atoms with Gasteiger partial charge in [-0.3, -0.25) is 4.98 Å². The number of thiazole rings is 1. The first-order chi connectivity index (χ1) is 12.2. The van der Waals surface area contributed by atoms with E-state index < -0.39 is 0 Å². The third-order valence-electron chi connectivity index (χ3n) is 3.65. The summed E-state index contributed by atoms with van der Waals surface area (Å²) in [6.07, 6.45) is 3.64. The summed E-state index contributed by atoms with van der Waals surface area (Å²) in [5.41, 5.74) is 3.23. The van der Waals surface area contributed by atoms with Crippen molar-refractivity contribution in [3.05, 3.63) is 69.9 Å². The van der Waals surface area contributed by atoms with Crippen LogP contribution < -0.4 is 14.8 Å². The summed E-state index contributed by atoms with van der Waals surface area (Å²) >= 11 is 1.62. The molecule has 3 aromatic rings. The Labute approximate surface area is 151 Å². The van der Waals surface area contributed by atoms with Crippen molar-refractivity contribution in [2.75, 3.05) is 7.11 Å². The molecule has 0 aliphatic carbocycles. The van der Waals surface area contributed by atoms with Crippen molar-refractivity contribution >= 4 is 11.3 Å². The topological polar surface area (TPSA) is 56.3 Å². The van der Waals surface area contributed by atoms with Crippen molar-refractivity contribution in [2.24, 2.45) is 0 Å². The molecule has 0 atom stereocenters. The van der Waals surface area contributed by atoms with Gasteiger partial charge in [0.15, 0.2) is 11.5 Å². The van der Waals surface area contributed by atoms with Crippen LogP contribution in [0.3, 0.4) is 0 Å². The second-order valence-electron chi connectivity index (χ2n) is 5.60. The fourth-order valence-corrected chi connectivity index (χ4v) is 3.02. The molecule has 5 nitrogen and oxygen atoms in total. The van der Waals surface area contributed by atoms with Gasteiger partial charge in [-0.05, 0) is 36.2 Å². The number of nitrogens with one attached hydrogen (secondary N) is 1. The van der Waals surface area contributed by atoms with Crippen LogP contribution in [0, 0.1) is 6.92 Å². The molecule has 130 valence electrons. The summed E-state index contributed by atoms with van der Waals surface area (Å²) in [4.78, 5) is 8.52. The molecule has 0 aliphatic rings. The summed E-state index contributed by atoms with van der Waals surface area (Å²) in [7, 11) is 1.65. The third kappa shape index (κ3) is 5.01. The number of nitrogens with zero attached hydrogens (tertiary/aromatic N) is 2. The van der Waals surface area contributed by atoms with Gasteiger partial charge in [-0.15, -0.1) is 11.3 Å². The fraction of sp³-hybridized carbons (Fsp3) is 0.263. The molecule has 0 amide bonds. The maximum Gasteiger partial charge on any atom is 0.161 e. The second kappa shape index (κ2) is 8.60. The molecule has 0 aliphatic heterocycles. The van der Waals surface area contributed by atoms with Gasteiger partial charge in [0.2, 0.25) is 0 Å². The first-order valence-corrected chi connectivity index (χ1v) is 8.93. The molecule has 0 fully saturated rings. The van der Waals surface area contributed by atoms with Gasteiger partial charge in [-0.25, -0.2) is 4.98 Å². The summed E-state index contributed by atoms with van der Waals surface area (Å²) in [6, 6.07) is 9.98. The lowest BCUT2D eigenvalue weighted by Crippen LogP contribution is -2.12. The average molecular weight is 355 g/mol. The normalized spacial score (nSPS) is 10.6. The van der Waals surface area contributed by atoms with E-state index in [2.05, 4.69) is 21.4 Å². The quantitative estimate of drug-likeness (QED) is 0.667.